The zero-order chi connectivity index (χ0) is 29.6. The van der Waals surface area contributed by atoms with E-state index in [1.54, 1.807) is 12.1 Å². The molecule has 9 heteroatoms. The molecule has 3 aromatic rings. The third kappa shape index (κ3) is 7.40. The molecule has 2 N–H and O–H groups in total. The normalized spacial score (nSPS) is 18.4. The van der Waals surface area contributed by atoms with Crippen molar-refractivity contribution < 1.29 is 14.0 Å². The molecule has 3 aliphatic rings. The Bertz CT molecular complexity index is 1460. The summed E-state index contributed by atoms with van der Waals surface area (Å²) in [6.07, 6.45) is 11.7. The average molecular weight is 602 g/mol. The first kappa shape index (κ1) is 29.7. The molecule has 2 aliphatic heterocycles. The van der Waals surface area contributed by atoms with E-state index < -0.39 is 0 Å². The number of fused-ring (bicyclic) bond motifs is 1. The quantitative estimate of drug-likeness (QED) is 0.237. The summed E-state index contributed by atoms with van der Waals surface area (Å²) >= 11 is 1.49. The minimum Gasteiger partial charge on any atom is -0.313 e. The van der Waals surface area contributed by atoms with Gasteiger partial charge in [-0.2, -0.15) is 5.10 Å². The van der Waals surface area contributed by atoms with Gasteiger partial charge in [-0.25, -0.2) is 9.82 Å². The van der Waals surface area contributed by atoms with Crippen LogP contribution in [0.4, 0.5) is 9.39 Å². The van der Waals surface area contributed by atoms with Crippen molar-refractivity contribution in [2.24, 2.45) is 5.10 Å². The Balaban J connectivity index is 1.10. The summed E-state index contributed by atoms with van der Waals surface area (Å²) in [5.41, 5.74) is 6.51. The van der Waals surface area contributed by atoms with Gasteiger partial charge in [0.05, 0.1) is 11.8 Å². The molecule has 2 fully saturated rings. The fourth-order valence-electron chi connectivity index (χ4n) is 6.63. The van der Waals surface area contributed by atoms with E-state index in [0.717, 1.165) is 61.3 Å². The topological polar surface area (TPSA) is 77.0 Å². The zero-order valence-electron chi connectivity index (χ0n) is 24.6. The molecule has 3 heterocycles. The molecule has 0 radical (unpaired) electrons. The number of piperidine rings is 2. The minimum atomic E-state index is -0.352. The molecule has 2 aromatic carbocycles. The smallest absolute Gasteiger partial charge is 0.274 e. The highest BCUT2D eigenvalue weighted by atomic mass is 32.1. The number of rotatable bonds is 8. The van der Waals surface area contributed by atoms with E-state index in [1.165, 1.54) is 74.9 Å². The number of carbonyl (C=O) groups is 2. The molecule has 0 saturated carbocycles. The molecule has 0 bridgehead atoms. The third-order valence-electron chi connectivity index (χ3n) is 8.93. The Labute approximate surface area is 257 Å². The van der Waals surface area contributed by atoms with E-state index in [4.69, 9.17) is 0 Å². The van der Waals surface area contributed by atoms with Crippen LogP contribution in [0.25, 0.3) is 0 Å². The van der Waals surface area contributed by atoms with Crippen LogP contribution < -0.4 is 10.7 Å². The molecule has 2 amide bonds. The summed E-state index contributed by atoms with van der Waals surface area (Å²) in [5.74, 6) is -0.896. The lowest BCUT2D eigenvalue weighted by atomic mass is 9.95. The molecule has 6 rings (SSSR count). The van der Waals surface area contributed by atoms with E-state index in [-0.39, 0.29) is 17.6 Å². The second-order valence-electron chi connectivity index (χ2n) is 11.9. The van der Waals surface area contributed by atoms with Gasteiger partial charge in [0.1, 0.15) is 10.8 Å². The van der Waals surface area contributed by atoms with Crippen LogP contribution in [-0.4, -0.2) is 60.0 Å². The van der Waals surface area contributed by atoms with E-state index in [9.17, 15) is 14.0 Å². The Hall–Kier alpha value is -3.40. The molecule has 43 heavy (non-hydrogen) atoms. The van der Waals surface area contributed by atoms with Gasteiger partial charge < -0.3 is 10.2 Å². The second-order valence-corrected chi connectivity index (χ2v) is 13.0. The highest BCUT2D eigenvalue weighted by Gasteiger charge is 2.28. The van der Waals surface area contributed by atoms with E-state index in [0.29, 0.717) is 27.7 Å². The van der Waals surface area contributed by atoms with Crippen molar-refractivity contribution in [3.63, 3.8) is 0 Å². The van der Waals surface area contributed by atoms with E-state index in [1.807, 2.05) is 18.2 Å². The Morgan fingerprint density at radius 1 is 0.930 bits per heavy atom. The van der Waals surface area contributed by atoms with Gasteiger partial charge in [0.2, 0.25) is 0 Å². The van der Waals surface area contributed by atoms with Crippen molar-refractivity contribution in [3.8, 4) is 0 Å². The third-order valence-corrected chi connectivity index (χ3v) is 10.1. The number of amides is 2. The van der Waals surface area contributed by atoms with Crippen molar-refractivity contribution in [1.29, 1.82) is 0 Å². The van der Waals surface area contributed by atoms with Gasteiger partial charge >= 0.3 is 0 Å². The first-order valence-electron chi connectivity index (χ1n) is 15.6. The number of nitrogens with zero attached hydrogens (tertiary/aromatic N) is 3. The maximum absolute atomic E-state index is 13.5. The molecule has 226 valence electrons. The highest BCUT2D eigenvalue weighted by molar-refractivity contribution is 7.17. The standard InChI is InChI=1S/C34H40FN5O2S/c35-27-13-11-24(12-14-27)22-36-38-33(42)31-29-9-2-3-10-30(29)43-34(31)37-32(41)26-8-6-7-25(21-26)23-39-19-15-28(16-20-39)40-17-4-1-5-18-40/h6-8,11-14,21-22,28H,1-5,9-10,15-20,23H2,(H,37,41)(H,38,42). The number of hydrogen-bond acceptors (Lipinski definition) is 6. The van der Waals surface area contributed by atoms with Crippen molar-refractivity contribution >= 4 is 34.4 Å². The summed E-state index contributed by atoms with van der Waals surface area (Å²) in [4.78, 5) is 33.1. The van der Waals surface area contributed by atoms with E-state index in [2.05, 4.69) is 31.7 Å². The molecule has 0 spiro atoms. The van der Waals surface area contributed by atoms with Crippen molar-refractivity contribution in [1.82, 2.24) is 15.2 Å². The zero-order valence-corrected chi connectivity index (χ0v) is 25.4. The summed E-state index contributed by atoms with van der Waals surface area (Å²) in [6.45, 7) is 5.50. The Morgan fingerprint density at radius 2 is 1.70 bits per heavy atom. The number of benzene rings is 2. The lowest BCUT2D eigenvalue weighted by Gasteiger charge is -2.40. The van der Waals surface area contributed by atoms with Gasteiger partial charge in [0.15, 0.2) is 0 Å². The van der Waals surface area contributed by atoms with Crippen LogP contribution in [0.15, 0.2) is 53.6 Å². The number of aryl methyl sites for hydroxylation is 1. The molecule has 1 aromatic heterocycles. The first-order chi connectivity index (χ1) is 21.0. The first-order valence-corrected chi connectivity index (χ1v) is 16.5. The van der Waals surface area contributed by atoms with Crippen LogP contribution >= 0.6 is 11.3 Å². The highest BCUT2D eigenvalue weighted by Crippen LogP contribution is 2.38. The number of carbonyl (C=O) groups excluding carboxylic acids is 2. The van der Waals surface area contributed by atoms with Crippen LogP contribution in [0.5, 0.6) is 0 Å². The molecular formula is C34H40FN5O2S. The van der Waals surface area contributed by atoms with Gasteiger partial charge in [0, 0.05) is 23.0 Å². The van der Waals surface area contributed by atoms with E-state index >= 15 is 0 Å². The van der Waals surface area contributed by atoms with Crippen LogP contribution in [0.3, 0.4) is 0 Å². The minimum absolute atomic E-state index is 0.215. The maximum atomic E-state index is 13.5. The van der Waals surface area contributed by atoms with Crippen LogP contribution in [-0.2, 0) is 19.4 Å². The van der Waals surface area contributed by atoms with Crippen LogP contribution in [0.1, 0.15) is 87.2 Å². The lowest BCUT2D eigenvalue weighted by molar-refractivity contribution is 0.0896. The number of anilines is 1. The van der Waals surface area contributed by atoms with Crippen LogP contribution in [0, 0.1) is 5.82 Å². The SMILES string of the molecule is O=C(Nc1sc2c(c1C(=O)NN=Cc1ccc(F)cc1)CCCC2)c1cccc(CN2CCC(N3CCCCC3)CC2)c1. The predicted molar refractivity (Wildman–Crippen MR) is 171 cm³/mol. The average Bonchev–Trinajstić information content (AvgIpc) is 3.41. The van der Waals surface area contributed by atoms with Crippen molar-refractivity contribution in [3.05, 3.63) is 87.0 Å². The molecule has 7 nitrogen and oxygen atoms in total. The number of hydrazone groups is 1. The van der Waals surface area contributed by atoms with Crippen LogP contribution in [0.2, 0.25) is 0 Å². The number of halogens is 1. The molecular weight excluding hydrogens is 561 g/mol. The van der Waals surface area contributed by atoms with Gasteiger partial charge in [0.25, 0.3) is 11.8 Å². The van der Waals surface area contributed by atoms with Gasteiger partial charge in [-0.3, -0.25) is 14.5 Å². The molecule has 0 atom stereocenters. The summed E-state index contributed by atoms with van der Waals surface area (Å²) < 4.78 is 13.2. The number of likely N-dealkylation sites (tertiary alicyclic amines) is 2. The van der Waals surface area contributed by atoms with Crippen molar-refractivity contribution in [2.45, 2.75) is 70.4 Å². The fraction of sp³-hybridized carbons (Fsp3) is 0.441. The Morgan fingerprint density at radius 3 is 2.49 bits per heavy atom. The van der Waals surface area contributed by atoms with Gasteiger partial charge in [-0.1, -0.05) is 30.7 Å². The summed E-state index contributed by atoms with van der Waals surface area (Å²) in [6, 6.07) is 14.4. The molecule has 0 unspecified atom stereocenters. The maximum Gasteiger partial charge on any atom is 0.274 e. The Kier molecular flexibility index (Phi) is 9.61. The molecule has 2 saturated heterocycles. The summed E-state index contributed by atoms with van der Waals surface area (Å²) in [5, 5.41) is 7.71. The number of hydrogen-bond donors (Lipinski definition) is 2. The fourth-order valence-corrected chi connectivity index (χ4v) is 7.92. The lowest BCUT2D eigenvalue weighted by Crippen LogP contribution is -2.46. The largest absolute Gasteiger partial charge is 0.313 e. The summed E-state index contributed by atoms with van der Waals surface area (Å²) in [7, 11) is 0. The predicted octanol–water partition coefficient (Wildman–Crippen LogP) is 6.23. The number of thiophene rings is 1. The molecule has 1 aliphatic carbocycles. The second kappa shape index (κ2) is 13.9. The van der Waals surface area contributed by atoms with Gasteiger partial charge in [-0.05, 0) is 119 Å². The number of nitrogens with one attached hydrogen (secondary N) is 2. The van der Waals surface area contributed by atoms with Gasteiger partial charge in [-0.15, -0.1) is 11.3 Å². The monoisotopic (exact) mass is 601 g/mol. The van der Waals surface area contributed by atoms with Crippen molar-refractivity contribution in [2.75, 3.05) is 31.5 Å².